The molecule has 9 aromatic rings. The standard InChI is InChI=1S/C56H42/c1-55(2)49-20-12-10-16-41(49)43-29-27-39(33-51(43)55)53-45-18-8-9-19-46(45)54(40-28-30-44-42-17-11-13-21-50(42)56(3,4)52(44)34-40)48-32-38(26-31-47(48)53)37-24-22-36(23-25-37)35-14-6-5-7-15-35/h5-34H,1-4H3. The minimum Gasteiger partial charge on any atom is -0.0622 e. The van der Waals surface area contributed by atoms with E-state index in [0.717, 1.165) is 0 Å². The monoisotopic (exact) mass is 714 g/mol. The van der Waals surface area contributed by atoms with Gasteiger partial charge in [-0.3, -0.25) is 0 Å². The number of fused-ring (bicyclic) bond motifs is 8. The second-order valence-electron chi connectivity index (χ2n) is 16.9. The lowest BCUT2D eigenvalue weighted by Gasteiger charge is -2.24. The Kier molecular flexibility index (Phi) is 7.05. The van der Waals surface area contributed by atoms with Gasteiger partial charge in [-0.05, 0) is 129 Å². The molecule has 266 valence electrons. The van der Waals surface area contributed by atoms with Crippen LogP contribution in [0.25, 0.3) is 88.3 Å². The van der Waals surface area contributed by atoms with Crippen molar-refractivity contribution in [2.75, 3.05) is 0 Å². The second-order valence-corrected chi connectivity index (χ2v) is 16.9. The lowest BCUT2D eigenvalue weighted by molar-refractivity contribution is 0.660. The number of rotatable bonds is 4. The van der Waals surface area contributed by atoms with E-state index in [0.29, 0.717) is 0 Å². The minimum atomic E-state index is -0.0893. The molecule has 0 atom stereocenters. The summed E-state index contributed by atoms with van der Waals surface area (Å²) in [7, 11) is 0. The fourth-order valence-corrected chi connectivity index (χ4v) is 10.2. The molecule has 0 heteroatoms. The van der Waals surface area contributed by atoms with Crippen molar-refractivity contribution in [3.63, 3.8) is 0 Å². The Labute approximate surface area is 329 Å². The molecule has 0 unspecified atom stereocenters. The molecule has 2 aliphatic carbocycles. The Hall–Kier alpha value is -6.50. The summed E-state index contributed by atoms with van der Waals surface area (Å²) >= 11 is 0. The van der Waals surface area contributed by atoms with Crippen molar-refractivity contribution in [1.82, 2.24) is 0 Å². The van der Waals surface area contributed by atoms with E-state index in [2.05, 4.69) is 210 Å². The topological polar surface area (TPSA) is 0 Å². The average molecular weight is 715 g/mol. The van der Waals surface area contributed by atoms with Crippen LogP contribution in [-0.4, -0.2) is 0 Å². The molecule has 0 saturated heterocycles. The molecule has 0 aliphatic heterocycles. The van der Waals surface area contributed by atoms with Crippen LogP contribution in [0.5, 0.6) is 0 Å². The molecule has 0 N–H and O–H groups in total. The van der Waals surface area contributed by atoms with Crippen LogP contribution in [0.1, 0.15) is 49.9 Å². The van der Waals surface area contributed by atoms with Gasteiger partial charge in [0.1, 0.15) is 0 Å². The first-order valence-corrected chi connectivity index (χ1v) is 19.9. The third-order valence-electron chi connectivity index (χ3n) is 13.1. The van der Waals surface area contributed by atoms with Crippen molar-refractivity contribution in [2.45, 2.75) is 38.5 Å². The van der Waals surface area contributed by atoms with Gasteiger partial charge in [-0.1, -0.05) is 191 Å². The van der Waals surface area contributed by atoms with Gasteiger partial charge in [-0.25, -0.2) is 0 Å². The zero-order valence-electron chi connectivity index (χ0n) is 32.3. The molecular formula is C56H42. The quantitative estimate of drug-likeness (QED) is 0.159. The predicted molar refractivity (Wildman–Crippen MR) is 238 cm³/mol. The summed E-state index contributed by atoms with van der Waals surface area (Å²) in [5.74, 6) is 0. The fraction of sp³-hybridized carbons (Fsp3) is 0.107. The van der Waals surface area contributed by atoms with Gasteiger partial charge in [0.2, 0.25) is 0 Å². The lowest BCUT2D eigenvalue weighted by Crippen LogP contribution is -2.15. The molecule has 0 saturated carbocycles. The summed E-state index contributed by atoms with van der Waals surface area (Å²) in [5, 5.41) is 5.12. The first-order chi connectivity index (χ1) is 27.3. The maximum Gasteiger partial charge on any atom is 0.0159 e. The zero-order valence-corrected chi connectivity index (χ0v) is 32.3. The van der Waals surface area contributed by atoms with Gasteiger partial charge >= 0.3 is 0 Å². The van der Waals surface area contributed by atoms with Gasteiger partial charge in [0.15, 0.2) is 0 Å². The Morgan fingerprint density at radius 3 is 1.18 bits per heavy atom. The maximum atomic E-state index is 2.49. The van der Waals surface area contributed by atoms with Gasteiger partial charge < -0.3 is 0 Å². The lowest BCUT2D eigenvalue weighted by atomic mass is 9.79. The molecule has 0 spiro atoms. The van der Waals surface area contributed by atoms with Gasteiger partial charge in [0, 0.05) is 10.8 Å². The van der Waals surface area contributed by atoms with E-state index in [9.17, 15) is 0 Å². The molecule has 0 aromatic heterocycles. The summed E-state index contributed by atoms with van der Waals surface area (Å²) in [5.41, 5.74) is 20.9. The molecule has 9 aromatic carbocycles. The summed E-state index contributed by atoms with van der Waals surface area (Å²) in [4.78, 5) is 0. The van der Waals surface area contributed by atoms with E-state index in [1.807, 2.05) is 0 Å². The van der Waals surface area contributed by atoms with Crippen LogP contribution in [0.3, 0.4) is 0 Å². The molecule has 0 heterocycles. The highest BCUT2D eigenvalue weighted by Gasteiger charge is 2.37. The van der Waals surface area contributed by atoms with Gasteiger partial charge in [0.25, 0.3) is 0 Å². The van der Waals surface area contributed by atoms with Crippen molar-refractivity contribution in [3.8, 4) is 66.8 Å². The highest BCUT2D eigenvalue weighted by atomic mass is 14.4. The Morgan fingerprint density at radius 1 is 0.250 bits per heavy atom. The van der Waals surface area contributed by atoms with Crippen molar-refractivity contribution >= 4 is 21.5 Å². The Balaban J connectivity index is 1.17. The minimum absolute atomic E-state index is 0.0820. The number of hydrogen-bond donors (Lipinski definition) is 0. The second kappa shape index (κ2) is 12.0. The summed E-state index contributed by atoms with van der Waals surface area (Å²) in [6, 6.07) is 68.3. The van der Waals surface area contributed by atoms with Gasteiger partial charge in [0.05, 0.1) is 0 Å². The largest absolute Gasteiger partial charge is 0.0622 e. The third-order valence-corrected chi connectivity index (χ3v) is 13.1. The fourth-order valence-electron chi connectivity index (χ4n) is 10.2. The van der Waals surface area contributed by atoms with E-state index in [4.69, 9.17) is 0 Å². The summed E-state index contributed by atoms with van der Waals surface area (Å²) in [6.45, 7) is 9.52. The third kappa shape index (κ3) is 4.72. The highest BCUT2D eigenvalue weighted by Crippen LogP contribution is 2.53. The molecule has 0 radical (unpaired) electrons. The summed E-state index contributed by atoms with van der Waals surface area (Å²) < 4.78 is 0. The smallest absolute Gasteiger partial charge is 0.0159 e. The van der Waals surface area contributed by atoms with E-state index < -0.39 is 0 Å². The van der Waals surface area contributed by atoms with E-state index in [1.165, 1.54) is 111 Å². The molecule has 11 rings (SSSR count). The van der Waals surface area contributed by atoms with Gasteiger partial charge in [-0.2, -0.15) is 0 Å². The van der Waals surface area contributed by atoms with Crippen LogP contribution in [0.4, 0.5) is 0 Å². The van der Waals surface area contributed by atoms with E-state index >= 15 is 0 Å². The van der Waals surface area contributed by atoms with Crippen molar-refractivity contribution < 1.29 is 0 Å². The molecule has 56 heavy (non-hydrogen) atoms. The number of hydrogen-bond acceptors (Lipinski definition) is 0. The van der Waals surface area contributed by atoms with Gasteiger partial charge in [-0.15, -0.1) is 0 Å². The van der Waals surface area contributed by atoms with Crippen LogP contribution >= 0.6 is 0 Å². The van der Waals surface area contributed by atoms with Crippen LogP contribution in [0, 0.1) is 0 Å². The first kappa shape index (κ1) is 32.9. The van der Waals surface area contributed by atoms with Crippen LogP contribution in [0.2, 0.25) is 0 Å². The Bertz CT molecular complexity index is 3050. The zero-order chi connectivity index (χ0) is 37.8. The first-order valence-electron chi connectivity index (χ1n) is 19.9. The SMILES string of the molecule is CC1(C)c2ccccc2-c2ccc(-c3c4ccccc4c(-c4ccc5c(c4)C(C)(C)c4ccccc4-5)c4cc(-c5ccc(-c6ccccc6)cc5)ccc34)cc21. The number of benzene rings is 9. The van der Waals surface area contributed by atoms with E-state index in [1.54, 1.807) is 0 Å². The van der Waals surface area contributed by atoms with Crippen molar-refractivity contribution in [2.24, 2.45) is 0 Å². The molecule has 0 bridgehead atoms. The van der Waals surface area contributed by atoms with E-state index in [-0.39, 0.29) is 10.8 Å². The van der Waals surface area contributed by atoms with Crippen molar-refractivity contribution in [3.05, 3.63) is 204 Å². The molecule has 0 amide bonds. The van der Waals surface area contributed by atoms with Crippen LogP contribution < -0.4 is 0 Å². The Morgan fingerprint density at radius 2 is 0.625 bits per heavy atom. The molecule has 0 fully saturated rings. The van der Waals surface area contributed by atoms with Crippen LogP contribution in [0.15, 0.2) is 182 Å². The molecule has 2 aliphatic rings. The normalized spacial score (nSPS) is 14.4. The van der Waals surface area contributed by atoms with Crippen molar-refractivity contribution in [1.29, 1.82) is 0 Å². The predicted octanol–water partition coefficient (Wildman–Crippen LogP) is 15.3. The average Bonchev–Trinajstić information content (AvgIpc) is 3.61. The highest BCUT2D eigenvalue weighted by molar-refractivity contribution is 6.22. The van der Waals surface area contributed by atoms with Crippen LogP contribution in [-0.2, 0) is 10.8 Å². The maximum absolute atomic E-state index is 2.49. The summed E-state index contributed by atoms with van der Waals surface area (Å²) in [6.07, 6.45) is 0. The molecular weight excluding hydrogens is 673 g/mol. The molecule has 0 nitrogen and oxygen atoms in total.